The van der Waals surface area contributed by atoms with Gasteiger partial charge in [0, 0.05) is 24.1 Å². The number of halogens is 2. The molecule has 0 saturated heterocycles. The van der Waals surface area contributed by atoms with Gasteiger partial charge in [-0.05, 0) is 37.5 Å². The molecule has 3 nitrogen and oxygen atoms in total. The molecule has 1 aliphatic carbocycles. The van der Waals surface area contributed by atoms with Crippen LogP contribution in [0.4, 0.5) is 14.6 Å². The van der Waals surface area contributed by atoms with E-state index in [1.54, 1.807) is 12.1 Å². The molecular formula is C16H17F2N3. The van der Waals surface area contributed by atoms with Crippen molar-refractivity contribution in [3.05, 3.63) is 41.7 Å². The fraction of sp³-hybridized carbons (Fsp3) is 0.375. The lowest BCUT2D eigenvalue weighted by Crippen LogP contribution is -2.05. The first kappa shape index (κ1) is 13.9. The molecular weight excluding hydrogens is 272 g/mol. The van der Waals surface area contributed by atoms with E-state index in [9.17, 15) is 8.78 Å². The van der Waals surface area contributed by atoms with Gasteiger partial charge >= 0.3 is 0 Å². The van der Waals surface area contributed by atoms with Gasteiger partial charge < -0.3 is 5.32 Å². The predicted molar refractivity (Wildman–Crippen MR) is 78.1 cm³/mol. The highest BCUT2D eigenvalue weighted by Gasteiger charge is 2.27. The maximum Gasteiger partial charge on any atom is 0.159 e. The first-order valence-corrected chi connectivity index (χ1v) is 7.25. The van der Waals surface area contributed by atoms with Gasteiger partial charge in [-0.15, -0.1) is 0 Å². The molecule has 1 N–H and O–H groups in total. The summed E-state index contributed by atoms with van der Waals surface area (Å²) in [6.45, 7) is 2.89. The van der Waals surface area contributed by atoms with Crippen LogP contribution in [0.3, 0.4) is 0 Å². The zero-order valence-corrected chi connectivity index (χ0v) is 11.9. The second-order valence-corrected chi connectivity index (χ2v) is 5.33. The molecule has 0 aliphatic heterocycles. The minimum Gasteiger partial charge on any atom is -0.370 e. The van der Waals surface area contributed by atoms with Crippen LogP contribution in [-0.2, 0) is 0 Å². The second kappa shape index (κ2) is 5.76. The van der Waals surface area contributed by atoms with E-state index < -0.39 is 11.6 Å². The highest BCUT2D eigenvalue weighted by Crippen LogP contribution is 2.39. The van der Waals surface area contributed by atoms with Crippen molar-refractivity contribution in [1.82, 2.24) is 9.97 Å². The first-order valence-electron chi connectivity index (χ1n) is 7.25. The molecule has 110 valence electrons. The Bertz CT molecular complexity index is 654. The van der Waals surface area contributed by atoms with Crippen molar-refractivity contribution < 1.29 is 8.78 Å². The summed E-state index contributed by atoms with van der Waals surface area (Å²) < 4.78 is 26.5. The van der Waals surface area contributed by atoms with Gasteiger partial charge in [-0.25, -0.2) is 18.7 Å². The molecule has 3 rings (SSSR count). The molecule has 0 atom stereocenters. The van der Waals surface area contributed by atoms with Gasteiger partial charge in [0.15, 0.2) is 11.6 Å². The Hall–Kier alpha value is -2.04. The lowest BCUT2D eigenvalue weighted by molar-refractivity contribution is 0.509. The molecule has 2 aromatic rings. The zero-order chi connectivity index (χ0) is 14.8. The van der Waals surface area contributed by atoms with Crippen molar-refractivity contribution in [1.29, 1.82) is 0 Å². The van der Waals surface area contributed by atoms with Gasteiger partial charge in [0.2, 0.25) is 0 Å². The fourth-order valence-electron chi connectivity index (χ4n) is 2.14. The summed E-state index contributed by atoms with van der Waals surface area (Å²) in [6.07, 6.45) is 3.17. The van der Waals surface area contributed by atoms with Gasteiger partial charge in [-0.3, -0.25) is 0 Å². The molecule has 0 bridgehead atoms. The smallest absolute Gasteiger partial charge is 0.159 e. The van der Waals surface area contributed by atoms with E-state index in [-0.39, 0.29) is 0 Å². The summed E-state index contributed by atoms with van der Waals surface area (Å²) in [7, 11) is 0. The molecule has 0 radical (unpaired) electrons. The minimum atomic E-state index is -0.859. The third-order valence-electron chi connectivity index (χ3n) is 3.46. The number of aromatic nitrogens is 2. The van der Waals surface area contributed by atoms with Gasteiger partial charge in [-0.1, -0.05) is 6.92 Å². The summed E-state index contributed by atoms with van der Waals surface area (Å²) in [5.41, 5.74) is 1.20. The topological polar surface area (TPSA) is 37.8 Å². The molecule has 1 aromatic carbocycles. The van der Waals surface area contributed by atoms with E-state index in [1.165, 1.54) is 6.07 Å². The molecule has 0 spiro atoms. The van der Waals surface area contributed by atoms with E-state index in [0.29, 0.717) is 17.2 Å². The molecule has 1 saturated carbocycles. The summed E-state index contributed by atoms with van der Waals surface area (Å²) >= 11 is 0. The number of benzene rings is 1. The Morgan fingerprint density at radius 2 is 1.95 bits per heavy atom. The van der Waals surface area contributed by atoms with Crippen molar-refractivity contribution in [3.63, 3.8) is 0 Å². The second-order valence-electron chi connectivity index (χ2n) is 5.33. The quantitative estimate of drug-likeness (QED) is 0.899. The molecule has 0 amide bonds. The molecule has 1 fully saturated rings. The van der Waals surface area contributed by atoms with Crippen molar-refractivity contribution in [2.75, 3.05) is 11.9 Å². The number of anilines is 1. The highest BCUT2D eigenvalue weighted by molar-refractivity contribution is 5.62. The SMILES string of the molecule is CCCNc1cc(-c2ccc(F)c(F)c2)nc(C2CC2)n1. The van der Waals surface area contributed by atoms with Crippen molar-refractivity contribution in [3.8, 4) is 11.3 Å². The molecule has 0 unspecified atom stereocenters. The Balaban J connectivity index is 1.99. The Labute approximate surface area is 122 Å². The number of nitrogens with one attached hydrogen (secondary N) is 1. The number of rotatable bonds is 5. The van der Waals surface area contributed by atoms with Gasteiger partial charge in [0.1, 0.15) is 11.6 Å². The largest absolute Gasteiger partial charge is 0.370 e. The summed E-state index contributed by atoms with van der Waals surface area (Å²) in [5, 5.41) is 3.23. The summed E-state index contributed by atoms with van der Waals surface area (Å²) in [6, 6.07) is 5.63. The molecule has 1 aliphatic rings. The Morgan fingerprint density at radius 1 is 1.14 bits per heavy atom. The van der Waals surface area contributed by atoms with E-state index in [0.717, 1.165) is 43.5 Å². The Kier molecular flexibility index (Phi) is 3.82. The standard InChI is InChI=1S/C16H17F2N3/c1-2-7-19-15-9-14(20-16(21-15)10-3-4-10)11-5-6-12(17)13(18)8-11/h5-6,8-10H,2-4,7H2,1H3,(H,19,20,21). The number of hydrogen-bond acceptors (Lipinski definition) is 3. The first-order chi connectivity index (χ1) is 10.2. The van der Waals surface area contributed by atoms with Crippen molar-refractivity contribution >= 4 is 5.82 Å². The van der Waals surface area contributed by atoms with Gasteiger partial charge in [0.25, 0.3) is 0 Å². The lowest BCUT2D eigenvalue weighted by Gasteiger charge is -2.09. The predicted octanol–water partition coefficient (Wildman–Crippen LogP) is 4.12. The van der Waals surface area contributed by atoms with E-state index in [4.69, 9.17) is 0 Å². The van der Waals surface area contributed by atoms with Crippen LogP contribution < -0.4 is 5.32 Å². The van der Waals surface area contributed by atoms with Crippen LogP contribution in [-0.4, -0.2) is 16.5 Å². The average molecular weight is 289 g/mol. The number of hydrogen-bond donors (Lipinski definition) is 1. The van der Waals surface area contributed by atoms with Gasteiger partial charge in [0.05, 0.1) is 5.69 Å². The molecule has 21 heavy (non-hydrogen) atoms. The van der Waals surface area contributed by atoms with Crippen LogP contribution in [0.5, 0.6) is 0 Å². The third kappa shape index (κ3) is 3.17. The Morgan fingerprint density at radius 3 is 2.62 bits per heavy atom. The summed E-state index contributed by atoms with van der Waals surface area (Å²) in [4.78, 5) is 9.01. The van der Waals surface area contributed by atoms with Crippen LogP contribution in [0.15, 0.2) is 24.3 Å². The maximum atomic E-state index is 13.4. The maximum absolute atomic E-state index is 13.4. The molecule has 1 aromatic heterocycles. The fourth-order valence-corrected chi connectivity index (χ4v) is 2.14. The monoisotopic (exact) mass is 289 g/mol. The zero-order valence-electron chi connectivity index (χ0n) is 11.9. The lowest BCUT2D eigenvalue weighted by atomic mass is 10.1. The highest BCUT2D eigenvalue weighted by atomic mass is 19.2. The van der Waals surface area contributed by atoms with Crippen LogP contribution in [0.1, 0.15) is 37.9 Å². The number of nitrogens with zero attached hydrogens (tertiary/aromatic N) is 2. The van der Waals surface area contributed by atoms with E-state index in [1.807, 2.05) is 0 Å². The third-order valence-corrected chi connectivity index (χ3v) is 3.46. The average Bonchev–Trinajstić information content (AvgIpc) is 3.32. The van der Waals surface area contributed by atoms with Crippen LogP contribution >= 0.6 is 0 Å². The van der Waals surface area contributed by atoms with Crippen LogP contribution in [0, 0.1) is 11.6 Å². The molecule has 1 heterocycles. The van der Waals surface area contributed by atoms with E-state index >= 15 is 0 Å². The van der Waals surface area contributed by atoms with Crippen molar-refractivity contribution in [2.24, 2.45) is 0 Å². The van der Waals surface area contributed by atoms with Gasteiger partial charge in [-0.2, -0.15) is 0 Å². The minimum absolute atomic E-state index is 0.400. The normalized spacial score (nSPS) is 14.2. The van der Waals surface area contributed by atoms with Crippen LogP contribution in [0.2, 0.25) is 0 Å². The summed E-state index contributed by atoms with van der Waals surface area (Å²) in [5.74, 6) is 0.225. The van der Waals surface area contributed by atoms with Crippen molar-refractivity contribution in [2.45, 2.75) is 32.1 Å². The molecule has 5 heteroatoms. The van der Waals surface area contributed by atoms with E-state index in [2.05, 4.69) is 22.2 Å². The van der Waals surface area contributed by atoms with Crippen LogP contribution in [0.25, 0.3) is 11.3 Å².